The summed E-state index contributed by atoms with van der Waals surface area (Å²) in [7, 11) is 1.64. The maximum Gasteiger partial charge on any atom is 0.225 e. The van der Waals surface area contributed by atoms with Crippen LogP contribution in [0.15, 0.2) is 18.2 Å². The number of aromatic amines is 1. The summed E-state index contributed by atoms with van der Waals surface area (Å²) in [6.45, 7) is 19.7. The van der Waals surface area contributed by atoms with E-state index in [1.54, 1.807) is 12.0 Å². The average molecular weight is 1010 g/mol. The second-order valence-corrected chi connectivity index (χ2v) is 16.8. The highest BCUT2D eigenvalue weighted by Gasteiger charge is 2.20. The summed E-state index contributed by atoms with van der Waals surface area (Å²) < 4.78 is 66.2. The number of nitrogen functional groups attached to an aromatic ring is 1. The summed E-state index contributed by atoms with van der Waals surface area (Å²) in [4.78, 5) is 44.0. The average Bonchev–Trinajstić information content (AvgIpc) is 3.82. The molecule has 21 heteroatoms. The largest absolute Gasteiger partial charge is 0.382 e. The lowest BCUT2D eigenvalue weighted by atomic mass is 10.1. The molecular weight excluding hydrogens is 923 g/mol. The van der Waals surface area contributed by atoms with Crippen LogP contribution in [0.5, 0.6) is 0 Å². The van der Waals surface area contributed by atoms with Crippen LogP contribution in [0.25, 0.3) is 21.9 Å². The Balaban J connectivity index is 0.964. The fraction of sp³-hybridized carbons (Fsp3) is 0.760. The first-order valence-electron chi connectivity index (χ1n) is 25.6. The molecule has 1 aliphatic heterocycles. The molecule has 404 valence electrons. The fourth-order valence-electron chi connectivity index (χ4n) is 7.33. The van der Waals surface area contributed by atoms with Gasteiger partial charge in [-0.3, -0.25) is 14.5 Å². The Morgan fingerprint density at radius 3 is 1.61 bits per heavy atom. The van der Waals surface area contributed by atoms with Crippen LogP contribution in [0.3, 0.4) is 0 Å². The van der Waals surface area contributed by atoms with Crippen LogP contribution in [0.1, 0.15) is 45.4 Å². The number of nitrogens with one attached hydrogen (secondary N) is 1. The zero-order valence-electron chi connectivity index (χ0n) is 43.0. The summed E-state index contributed by atoms with van der Waals surface area (Å²) in [5, 5.41) is 1.01. The predicted molar refractivity (Wildman–Crippen MR) is 270 cm³/mol. The number of piperazine rings is 1. The van der Waals surface area contributed by atoms with E-state index in [9.17, 15) is 9.59 Å². The summed E-state index contributed by atoms with van der Waals surface area (Å²) in [6, 6.07) is 6.35. The Hall–Kier alpha value is -3.68. The van der Waals surface area contributed by atoms with Crippen molar-refractivity contribution in [1.29, 1.82) is 0 Å². The van der Waals surface area contributed by atoms with E-state index in [-0.39, 0.29) is 24.7 Å². The SMILES string of the molecule is CCCCc1nc2c([nH]1)c(N)nc1ccc(N3CCN(CCOCCN(CCOCCC(C)=O)C(=O)CCOCCOCCOCCOCCOCCOCCOCCOCCOCCOC)CC3)cc12. The molecule has 1 aliphatic rings. The van der Waals surface area contributed by atoms with Crippen molar-refractivity contribution in [3.05, 3.63) is 24.0 Å². The minimum atomic E-state index is -0.0398. The lowest BCUT2D eigenvalue weighted by molar-refractivity contribution is -0.134. The number of benzene rings is 1. The van der Waals surface area contributed by atoms with Crippen LogP contribution in [-0.2, 0) is 72.9 Å². The molecule has 0 aliphatic carbocycles. The zero-order valence-corrected chi connectivity index (χ0v) is 43.0. The Labute approximate surface area is 420 Å². The van der Waals surface area contributed by atoms with Gasteiger partial charge < -0.3 is 77.4 Å². The molecule has 1 fully saturated rings. The van der Waals surface area contributed by atoms with E-state index in [1.165, 1.54) is 6.92 Å². The van der Waals surface area contributed by atoms with Crippen LogP contribution in [0, 0.1) is 0 Å². The summed E-state index contributed by atoms with van der Waals surface area (Å²) in [5.41, 5.74) is 10.0. The van der Waals surface area contributed by atoms with Crippen LogP contribution in [0.2, 0.25) is 0 Å². The molecule has 4 rings (SSSR count). The van der Waals surface area contributed by atoms with Crippen molar-refractivity contribution in [1.82, 2.24) is 24.8 Å². The Morgan fingerprint density at radius 2 is 1.10 bits per heavy atom. The first-order chi connectivity index (χ1) is 34.9. The molecular formula is C50H85N7O14. The minimum absolute atomic E-state index is 0.0398. The van der Waals surface area contributed by atoms with E-state index < -0.39 is 0 Å². The number of ketones is 1. The highest BCUT2D eigenvalue weighted by Crippen LogP contribution is 2.30. The molecule has 0 radical (unpaired) electrons. The molecule has 0 bridgehead atoms. The van der Waals surface area contributed by atoms with Crippen molar-refractivity contribution in [3.8, 4) is 0 Å². The number of rotatable bonds is 46. The van der Waals surface area contributed by atoms with Crippen molar-refractivity contribution in [2.75, 3.05) is 216 Å². The standard InChI is InChI=1S/C50H85N7O14/c1-4-5-6-46-53-48-44-41-43(7-8-45(44)52-50(51)49(48)54-46)56-13-11-55(12-14-56)15-20-63-22-17-57(16-21-61-18-9-42(2)58)47(59)10-19-62-25-26-65-29-30-67-33-34-69-37-38-71-40-39-70-36-35-68-32-31-66-28-27-64-24-23-60-3/h7-8,41H,4-6,9-40H2,1-3H3,(H2,51,52)(H,53,54). The second-order valence-electron chi connectivity index (χ2n) is 16.8. The van der Waals surface area contributed by atoms with Gasteiger partial charge in [0.15, 0.2) is 0 Å². The fourth-order valence-corrected chi connectivity index (χ4v) is 7.33. The van der Waals surface area contributed by atoms with Gasteiger partial charge in [0.05, 0.1) is 164 Å². The third-order valence-electron chi connectivity index (χ3n) is 11.4. The maximum atomic E-state index is 13.2. The monoisotopic (exact) mass is 1010 g/mol. The van der Waals surface area contributed by atoms with Crippen LogP contribution in [-0.4, -0.2) is 241 Å². The molecule has 3 heterocycles. The predicted octanol–water partition coefficient (Wildman–Crippen LogP) is 3.18. The number of nitrogens with two attached hydrogens (primary N) is 1. The van der Waals surface area contributed by atoms with Gasteiger partial charge in [0.2, 0.25) is 5.91 Å². The number of aromatic nitrogens is 3. The topological polar surface area (TPSA) is 222 Å². The van der Waals surface area contributed by atoms with Gasteiger partial charge in [0.25, 0.3) is 0 Å². The quantitative estimate of drug-likeness (QED) is 0.0776. The number of hydrogen-bond acceptors (Lipinski definition) is 19. The number of ether oxygens (including phenoxy) is 12. The van der Waals surface area contributed by atoms with Crippen molar-refractivity contribution in [2.45, 2.75) is 46.0 Å². The molecule has 1 aromatic carbocycles. The Kier molecular flexibility index (Phi) is 32.8. The van der Waals surface area contributed by atoms with Crippen molar-refractivity contribution < 1.29 is 66.4 Å². The number of Topliss-reactive ketones (excluding diaryl/α,β-unsaturated/α-hetero) is 1. The van der Waals surface area contributed by atoms with Crippen LogP contribution >= 0.6 is 0 Å². The molecule has 0 saturated carbocycles. The van der Waals surface area contributed by atoms with Crippen LogP contribution < -0.4 is 10.6 Å². The van der Waals surface area contributed by atoms with E-state index in [0.717, 1.165) is 85.4 Å². The smallest absolute Gasteiger partial charge is 0.225 e. The van der Waals surface area contributed by atoms with Gasteiger partial charge in [-0.15, -0.1) is 0 Å². The lowest BCUT2D eigenvalue weighted by Gasteiger charge is -2.36. The Morgan fingerprint density at radius 1 is 0.620 bits per heavy atom. The lowest BCUT2D eigenvalue weighted by Crippen LogP contribution is -2.47. The van der Waals surface area contributed by atoms with Crippen molar-refractivity contribution in [2.24, 2.45) is 0 Å². The first-order valence-corrected chi connectivity index (χ1v) is 25.6. The zero-order chi connectivity index (χ0) is 50.4. The number of nitrogens with zero attached hydrogens (tertiary/aromatic N) is 5. The van der Waals surface area contributed by atoms with Crippen molar-refractivity contribution in [3.63, 3.8) is 0 Å². The molecule has 3 aromatic rings. The normalized spacial score (nSPS) is 13.3. The Bertz CT molecular complexity index is 1840. The molecule has 3 N–H and O–H groups in total. The number of hydrogen-bond donors (Lipinski definition) is 2. The van der Waals surface area contributed by atoms with E-state index in [1.807, 2.05) is 6.07 Å². The van der Waals surface area contributed by atoms with Gasteiger partial charge in [-0.2, -0.15) is 0 Å². The molecule has 1 saturated heterocycles. The third-order valence-corrected chi connectivity index (χ3v) is 11.4. The minimum Gasteiger partial charge on any atom is -0.382 e. The molecule has 0 atom stereocenters. The number of imidazole rings is 1. The van der Waals surface area contributed by atoms with Crippen molar-refractivity contribution >= 4 is 45.1 Å². The van der Waals surface area contributed by atoms with Gasteiger partial charge >= 0.3 is 0 Å². The molecule has 0 unspecified atom stereocenters. The van der Waals surface area contributed by atoms with Gasteiger partial charge in [-0.25, -0.2) is 9.97 Å². The number of methoxy groups -OCH3 is 1. The molecule has 0 spiro atoms. The molecule has 71 heavy (non-hydrogen) atoms. The number of anilines is 2. The van der Waals surface area contributed by atoms with Gasteiger partial charge in [0.1, 0.15) is 28.5 Å². The number of unbranched alkanes of at least 4 members (excludes halogenated alkanes) is 1. The summed E-state index contributed by atoms with van der Waals surface area (Å²) in [5.74, 6) is 1.46. The van der Waals surface area contributed by atoms with E-state index in [2.05, 4.69) is 38.8 Å². The number of H-pyrrole nitrogens is 1. The second kappa shape index (κ2) is 38.9. The highest BCUT2D eigenvalue weighted by atomic mass is 16.6. The van der Waals surface area contributed by atoms with Gasteiger partial charge in [-0.05, 0) is 31.5 Å². The van der Waals surface area contributed by atoms with Crippen LogP contribution in [0.4, 0.5) is 11.5 Å². The number of pyridine rings is 1. The molecule has 2 aromatic heterocycles. The number of aryl methyl sites for hydroxylation is 1. The molecule has 1 amide bonds. The van der Waals surface area contributed by atoms with E-state index in [0.29, 0.717) is 171 Å². The number of carbonyl (C=O) groups is 2. The van der Waals surface area contributed by atoms with Gasteiger partial charge in [-0.1, -0.05) is 13.3 Å². The third kappa shape index (κ3) is 26.2. The first kappa shape index (κ1) is 59.9. The number of carbonyl (C=O) groups excluding carboxylic acids is 2. The van der Waals surface area contributed by atoms with E-state index in [4.69, 9.17) is 67.6 Å². The highest BCUT2D eigenvalue weighted by molar-refractivity contribution is 6.07. The number of fused-ring (bicyclic) bond motifs is 3. The molecule has 21 nitrogen and oxygen atoms in total. The van der Waals surface area contributed by atoms with E-state index >= 15 is 0 Å². The van der Waals surface area contributed by atoms with Gasteiger partial charge in [0, 0.05) is 76.8 Å². The number of amides is 1. The maximum absolute atomic E-state index is 13.2. The summed E-state index contributed by atoms with van der Waals surface area (Å²) in [6.07, 6.45) is 3.64. The summed E-state index contributed by atoms with van der Waals surface area (Å²) >= 11 is 0.